The number of rotatable bonds is 5. The Labute approximate surface area is 165 Å². The van der Waals surface area contributed by atoms with Crippen molar-refractivity contribution in [1.82, 2.24) is 10.2 Å². The minimum absolute atomic E-state index is 0.287. The van der Waals surface area contributed by atoms with Gasteiger partial charge in [-0.25, -0.2) is 0 Å². The fourth-order valence-electron chi connectivity index (χ4n) is 2.61. The lowest BCUT2D eigenvalue weighted by Crippen LogP contribution is -2.12. The van der Waals surface area contributed by atoms with E-state index in [-0.39, 0.29) is 11.8 Å². The van der Waals surface area contributed by atoms with Crippen LogP contribution < -0.4 is 10.1 Å². The fourth-order valence-corrected chi connectivity index (χ4v) is 2.61. The third-order valence-corrected chi connectivity index (χ3v) is 3.90. The third kappa shape index (κ3) is 4.22. The van der Waals surface area contributed by atoms with Gasteiger partial charge in [0.1, 0.15) is 5.75 Å². The van der Waals surface area contributed by atoms with Crippen LogP contribution >= 0.6 is 0 Å². The van der Waals surface area contributed by atoms with Crippen LogP contribution in [-0.4, -0.2) is 22.1 Å². The molecule has 1 amide bonds. The van der Waals surface area contributed by atoms with E-state index in [4.69, 9.17) is 13.6 Å². The summed E-state index contributed by atoms with van der Waals surface area (Å²) >= 11 is 0. The number of ether oxygens (including phenoxy) is 1. The zero-order valence-electron chi connectivity index (χ0n) is 15.3. The molecule has 0 aliphatic heterocycles. The van der Waals surface area contributed by atoms with Gasteiger partial charge < -0.3 is 18.9 Å². The highest BCUT2D eigenvalue weighted by Gasteiger charge is 2.13. The minimum atomic E-state index is -0.450. The monoisotopic (exact) mass is 389 g/mol. The Kier molecular flexibility index (Phi) is 4.90. The third-order valence-electron chi connectivity index (χ3n) is 3.90. The van der Waals surface area contributed by atoms with Gasteiger partial charge in [-0.2, -0.15) is 0 Å². The molecule has 0 atom stereocenters. The molecule has 4 aromatic rings. The number of carbonyl (C=O) groups is 2. The molecule has 8 nitrogen and oxygen atoms in total. The SMILES string of the molecule is CC(=O)Oc1cccc(C(=O)Nc2ccc(-c3nnc(-c4ccco4)o3)cc2)c1. The van der Waals surface area contributed by atoms with Gasteiger partial charge in [-0.1, -0.05) is 6.07 Å². The van der Waals surface area contributed by atoms with Crippen LogP contribution in [0, 0.1) is 0 Å². The fraction of sp³-hybridized carbons (Fsp3) is 0.0476. The van der Waals surface area contributed by atoms with Crippen molar-refractivity contribution in [1.29, 1.82) is 0 Å². The Morgan fingerprint density at radius 1 is 0.966 bits per heavy atom. The Morgan fingerprint density at radius 3 is 2.48 bits per heavy atom. The van der Waals surface area contributed by atoms with E-state index in [1.165, 1.54) is 19.3 Å². The van der Waals surface area contributed by atoms with Crippen molar-refractivity contribution in [3.05, 3.63) is 72.5 Å². The first-order chi connectivity index (χ1) is 14.1. The van der Waals surface area contributed by atoms with Gasteiger partial charge in [-0.05, 0) is 54.6 Å². The van der Waals surface area contributed by atoms with Crippen LogP contribution in [0.2, 0.25) is 0 Å². The molecule has 2 aromatic carbocycles. The van der Waals surface area contributed by atoms with E-state index < -0.39 is 5.97 Å². The maximum atomic E-state index is 12.4. The quantitative estimate of drug-likeness (QED) is 0.403. The van der Waals surface area contributed by atoms with Crippen LogP contribution in [-0.2, 0) is 4.79 Å². The van der Waals surface area contributed by atoms with E-state index in [1.54, 1.807) is 54.6 Å². The maximum absolute atomic E-state index is 12.4. The summed E-state index contributed by atoms with van der Waals surface area (Å²) in [5.41, 5.74) is 1.65. The summed E-state index contributed by atoms with van der Waals surface area (Å²) in [4.78, 5) is 23.5. The molecule has 1 N–H and O–H groups in total. The normalized spacial score (nSPS) is 10.5. The van der Waals surface area contributed by atoms with Crippen molar-refractivity contribution in [2.45, 2.75) is 6.92 Å². The standard InChI is InChI=1S/C21H15N3O5/c1-13(25)28-17-5-2-4-15(12-17)19(26)22-16-9-7-14(8-10-16)20-23-24-21(29-20)18-6-3-11-27-18/h2-12H,1H3,(H,22,26). The zero-order valence-corrected chi connectivity index (χ0v) is 15.3. The molecule has 8 heteroatoms. The van der Waals surface area contributed by atoms with E-state index >= 15 is 0 Å². The first-order valence-corrected chi connectivity index (χ1v) is 8.66. The van der Waals surface area contributed by atoms with Crippen LogP contribution in [0.25, 0.3) is 23.1 Å². The number of aromatic nitrogens is 2. The molecule has 144 valence electrons. The van der Waals surface area contributed by atoms with Crippen molar-refractivity contribution in [3.8, 4) is 28.9 Å². The molecule has 0 radical (unpaired) electrons. The largest absolute Gasteiger partial charge is 0.459 e. The highest BCUT2D eigenvalue weighted by Crippen LogP contribution is 2.25. The lowest BCUT2D eigenvalue weighted by molar-refractivity contribution is -0.131. The average Bonchev–Trinajstić information content (AvgIpc) is 3.40. The molecule has 0 fully saturated rings. The van der Waals surface area contributed by atoms with Crippen LogP contribution in [0.15, 0.2) is 75.8 Å². The summed E-state index contributed by atoms with van der Waals surface area (Å²) in [6.07, 6.45) is 1.53. The van der Waals surface area contributed by atoms with Gasteiger partial charge in [0, 0.05) is 23.7 Å². The van der Waals surface area contributed by atoms with Gasteiger partial charge in [0.05, 0.1) is 6.26 Å². The predicted molar refractivity (Wildman–Crippen MR) is 103 cm³/mol. The van der Waals surface area contributed by atoms with Gasteiger partial charge in [0.2, 0.25) is 5.89 Å². The molecule has 0 spiro atoms. The number of carbonyl (C=O) groups excluding carboxylic acids is 2. The van der Waals surface area contributed by atoms with Crippen LogP contribution in [0.3, 0.4) is 0 Å². The van der Waals surface area contributed by atoms with E-state index in [0.29, 0.717) is 34.2 Å². The Bertz CT molecular complexity index is 1150. The number of amides is 1. The summed E-state index contributed by atoms with van der Waals surface area (Å²) < 4.78 is 15.8. The highest BCUT2D eigenvalue weighted by molar-refractivity contribution is 6.04. The molecule has 2 aromatic heterocycles. The molecule has 4 rings (SSSR count). The second-order valence-electron chi connectivity index (χ2n) is 6.04. The minimum Gasteiger partial charge on any atom is -0.459 e. The molecule has 0 bridgehead atoms. The highest BCUT2D eigenvalue weighted by atomic mass is 16.5. The van der Waals surface area contributed by atoms with Crippen molar-refractivity contribution >= 4 is 17.6 Å². The van der Waals surface area contributed by atoms with Gasteiger partial charge >= 0.3 is 5.97 Å². The van der Waals surface area contributed by atoms with Gasteiger partial charge in [0.15, 0.2) is 5.76 Å². The van der Waals surface area contributed by atoms with E-state index in [1.807, 2.05) is 0 Å². The van der Waals surface area contributed by atoms with Crippen molar-refractivity contribution < 1.29 is 23.2 Å². The smallest absolute Gasteiger partial charge is 0.308 e. The summed E-state index contributed by atoms with van der Waals surface area (Å²) in [5.74, 6) is 0.644. The van der Waals surface area contributed by atoms with Gasteiger partial charge in [-0.15, -0.1) is 10.2 Å². The maximum Gasteiger partial charge on any atom is 0.308 e. The molecule has 2 heterocycles. The molecule has 0 saturated carbocycles. The first-order valence-electron chi connectivity index (χ1n) is 8.66. The number of hydrogen-bond donors (Lipinski definition) is 1. The Balaban J connectivity index is 1.46. The lowest BCUT2D eigenvalue weighted by atomic mass is 10.1. The van der Waals surface area contributed by atoms with Crippen molar-refractivity contribution in [2.24, 2.45) is 0 Å². The number of hydrogen-bond acceptors (Lipinski definition) is 7. The van der Waals surface area contributed by atoms with Crippen LogP contribution in [0.5, 0.6) is 5.75 Å². The predicted octanol–water partition coefficient (Wildman–Crippen LogP) is 4.17. The number of nitrogens with one attached hydrogen (secondary N) is 1. The molecular formula is C21H15N3O5. The Hall–Kier alpha value is -4.20. The van der Waals surface area contributed by atoms with Gasteiger partial charge in [0.25, 0.3) is 11.8 Å². The summed E-state index contributed by atoms with van der Waals surface area (Å²) in [7, 11) is 0. The lowest BCUT2D eigenvalue weighted by Gasteiger charge is -2.07. The molecular weight excluding hydrogens is 374 g/mol. The van der Waals surface area contributed by atoms with Crippen molar-refractivity contribution in [2.75, 3.05) is 5.32 Å². The van der Waals surface area contributed by atoms with Crippen LogP contribution in [0.1, 0.15) is 17.3 Å². The number of anilines is 1. The average molecular weight is 389 g/mol. The number of nitrogens with zero attached hydrogens (tertiary/aromatic N) is 2. The second-order valence-corrected chi connectivity index (χ2v) is 6.04. The number of furan rings is 1. The van der Waals surface area contributed by atoms with E-state index in [9.17, 15) is 9.59 Å². The first kappa shape index (κ1) is 18.2. The number of esters is 1. The van der Waals surface area contributed by atoms with Gasteiger partial charge in [-0.3, -0.25) is 9.59 Å². The molecule has 0 saturated heterocycles. The second kappa shape index (κ2) is 7.81. The molecule has 0 aliphatic carbocycles. The molecule has 0 unspecified atom stereocenters. The summed E-state index contributed by atoms with van der Waals surface area (Å²) in [6, 6.07) is 16.8. The summed E-state index contributed by atoms with van der Waals surface area (Å²) in [5, 5.41) is 10.8. The van der Waals surface area contributed by atoms with Crippen molar-refractivity contribution in [3.63, 3.8) is 0 Å². The molecule has 29 heavy (non-hydrogen) atoms. The van der Waals surface area contributed by atoms with E-state index in [2.05, 4.69) is 15.5 Å². The topological polar surface area (TPSA) is 107 Å². The summed E-state index contributed by atoms with van der Waals surface area (Å²) in [6.45, 7) is 1.30. The zero-order chi connectivity index (χ0) is 20.2. The number of benzene rings is 2. The van der Waals surface area contributed by atoms with Crippen LogP contribution in [0.4, 0.5) is 5.69 Å². The van der Waals surface area contributed by atoms with E-state index in [0.717, 1.165) is 0 Å². The molecule has 0 aliphatic rings. The Morgan fingerprint density at radius 2 is 1.76 bits per heavy atom.